The molecule has 0 fully saturated rings. The Balaban J connectivity index is 2.22. The summed E-state index contributed by atoms with van der Waals surface area (Å²) < 4.78 is 17.7. The molecule has 0 atom stereocenters. The fraction of sp³-hybridized carbons (Fsp3) is 0.0769. The van der Waals surface area contributed by atoms with Gasteiger partial charge in [-0.15, -0.1) is 0 Å². The minimum atomic E-state index is -1.25. The average Bonchev–Trinajstić information content (AvgIpc) is 2.87. The first-order chi connectivity index (χ1) is 8.99. The smallest absolute Gasteiger partial charge is 0.371 e. The van der Waals surface area contributed by atoms with Crippen LogP contribution in [-0.4, -0.2) is 24.0 Å². The lowest BCUT2D eigenvalue weighted by Crippen LogP contribution is -2.25. The molecule has 1 heterocycles. The van der Waals surface area contributed by atoms with Gasteiger partial charge in [-0.2, -0.15) is 0 Å². The highest BCUT2D eigenvalue weighted by Crippen LogP contribution is 2.17. The van der Waals surface area contributed by atoms with Crippen molar-refractivity contribution in [1.29, 1.82) is 0 Å². The molecule has 0 radical (unpaired) electrons. The van der Waals surface area contributed by atoms with Gasteiger partial charge in [0.1, 0.15) is 5.82 Å². The van der Waals surface area contributed by atoms with E-state index in [9.17, 15) is 14.0 Å². The second-order valence-corrected chi connectivity index (χ2v) is 3.81. The Hall–Kier alpha value is -2.63. The van der Waals surface area contributed by atoms with Crippen molar-refractivity contribution in [3.63, 3.8) is 0 Å². The molecule has 2 aromatic rings. The minimum Gasteiger partial charge on any atom is -0.475 e. The molecule has 2 rings (SSSR count). The molecular formula is C13H10FNO4. The highest BCUT2D eigenvalue weighted by Gasteiger charge is 2.19. The fourth-order valence-electron chi connectivity index (χ4n) is 1.52. The van der Waals surface area contributed by atoms with Crippen molar-refractivity contribution in [3.05, 3.63) is 53.7 Å². The zero-order valence-corrected chi connectivity index (χ0v) is 9.96. The number of nitrogens with zero attached hydrogens (tertiary/aromatic N) is 1. The number of carbonyl (C=O) groups excluding carboxylic acids is 1. The van der Waals surface area contributed by atoms with E-state index in [-0.39, 0.29) is 11.5 Å². The van der Waals surface area contributed by atoms with Crippen molar-refractivity contribution in [2.45, 2.75) is 0 Å². The monoisotopic (exact) mass is 263 g/mol. The molecule has 0 spiro atoms. The third-order valence-electron chi connectivity index (χ3n) is 2.55. The molecule has 6 heteroatoms. The lowest BCUT2D eigenvalue weighted by atomic mass is 10.2. The Bertz CT molecular complexity index is 618. The molecule has 0 aliphatic carbocycles. The lowest BCUT2D eigenvalue weighted by Gasteiger charge is -2.15. The van der Waals surface area contributed by atoms with E-state index in [1.54, 1.807) is 0 Å². The SMILES string of the molecule is CN(C(=O)c1ccc(C(=O)O)o1)c1ccc(F)cc1. The molecule has 0 aliphatic heterocycles. The number of rotatable bonds is 3. The molecule has 5 nitrogen and oxygen atoms in total. The molecular weight excluding hydrogens is 253 g/mol. The average molecular weight is 263 g/mol. The van der Waals surface area contributed by atoms with Gasteiger partial charge in [0.2, 0.25) is 5.76 Å². The van der Waals surface area contributed by atoms with Gasteiger partial charge in [-0.1, -0.05) is 0 Å². The van der Waals surface area contributed by atoms with Crippen LogP contribution < -0.4 is 4.90 Å². The highest BCUT2D eigenvalue weighted by molar-refractivity contribution is 6.04. The molecule has 98 valence electrons. The summed E-state index contributed by atoms with van der Waals surface area (Å²) in [6, 6.07) is 7.82. The van der Waals surface area contributed by atoms with Crippen molar-refractivity contribution >= 4 is 17.6 Å². The van der Waals surface area contributed by atoms with E-state index < -0.39 is 17.7 Å². The first-order valence-corrected chi connectivity index (χ1v) is 5.36. The summed E-state index contributed by atoms with van der Waals surface area (Å²) in [7, 11) is 1.48. The van der Waals surface area contributed by atoms with Crippen LogP contribution >= 0.6 is 0 Å². The van der Waals surface area contributed by atoms with Gasteiger partial charge in [0.15, 0.2) is 5.76 Å². The number of hydrogen-bond donors (Lipinski definition) is 1. The van der Waals surface area contributed by atoms with E-state index in [2.05, 4.69) is 0 Å². The predicted molar refractivity (Wildman–Crippen MR) is 64.8 cm³/mol. The van der Waals surface area contributed by atoms with Crippen molar-refractivity contribution in [1.82, 2.24) is 0 Å². The maximum atomic E-state index is 12.8. The third kappa shape index (κ3) is 2.62. The summed E-state index contributed by atoms with van der Waals surface area (Å²) in [4.78, 5) is 23.9. The molecule has 0 saturated heterocycles. The summed E-state index contributed by atoms with van der Waals surface area (Å²) in [6.07, 6.45) is 0. The van der Waals surface area contributed by atoms with Crippen molar-refractivity contribution in [3.8, 4) is 0 Å². The largest absolute Gasteiger partial charge is 0.475 e. The summed E-state index contributed by atoms with van der Waals surface area (Å²) in [6.45, 7) is 0. The molecule has 1 N–H and O–H groups in total. The van der Waals surface area contributed by atoms with E-state index in [1.807, 2.05) is 0 Å². The number of halogens is 1. The van der Waals surface area contributed by atoms with Gasteiger partial charge in [-0.3, -0.25) is 4.79 Å². The maximum Gasteiger partial charge on any atom is 0.371 e. The number of benzene rings is 1. The number of aromatic carboxylic acids is 1. The number of carboxylic acids is 1. The van der Waals surface area contributed by atoms with Gasteiger partial charge in [-0.05, 0) is 36.4 Å². The number of furan rings is 1. The molecule has 1 amide bonds. The van der Waals surface area contributed by atoms with Gasteiger partial charge >= 0.3 is 5.97 Å². The normalized spacial score (nSPS) is 10.2. The molecule has 0 unspecified atom stereocenters. The van der Waals surface area contributed by atoms with Crippen LogP contribution in [0.5, 0.6) is 0 Å². The third-order valence-corrected chi connectivity index (χ3v) is 2.55. The van der Waals surface area contributed by atoms with Crippen molar-refractivity contribution in [2.75, 3.05) is 11.9 Å². The van der Waals surface area contributed by atoms with E-state index in [4.69, 9.17) is 9.52 Å². The molecule has 1 aromatic heterocycles. The second-order valence-electron chi connectivity index (χ2n) is 3.81. The number of anilines is 1. The highest BCUT2D eigenvalue weighted by atomic mass is 19.1. The van der Waals surface area contributed by atoms with Gasteiger partial charge in [0, 0.05) is 12.7 Å². The van der Waals surface area contributed by atoms with Gasteiger partial charge in [0.05, 0.1) is 0 Å². The Morgan fingerprint density at radius 3 is 2.21 bits per heavy atom. The number of carboxylic acid groups (broad SMARTS) is 1. The molecule has 19 heavy (non-hydrogen) atoms. The van der Waals surface area contributed by atoms with Gasteiger partial charge in [0.25, 0.3) is 5.91 Å². The Kier molecular flexibility index (Phi) is 3.33. The topological polar surface area (TPSA) is 70.8 Å². The molecule has 1 aromatic carbocycles. The van der Waals surface area contributed by atoms with E-state index in [0.717, 1.165) is 0 Å². The number of carbonyl (C=O) groups is 2. The zero-order valence-electron chi connectivity index (χ0n) is 9.96. The molecule has 0 bridgehead atoms. The fourth-order valence-corrected chi connectivity index (χ4v) is 1.52. The van der Waals surface area contributed by atoms with Crippen LogP contribution in [0.15, 0.2) is 40.8 Å². The second kappa shape index (κ2) is 4.93. The minimum absolute atomic E-state index is 0.0933. The summed E-state index contributed by atoms with van der Waals surface area (Å²) in [5, 5.41) is 8.71. The Morgan fingerprint density at radius 1 is 1.11 bits per heavy atom. The van der Waals surface area contributed by atoms with Crippen LogP contribution in [0.25, 0.3) is 0 Å². The van der Waals surface area contributed by atoms with Gasteiger partial charge < -0.3 is 14.4 Å². The summed E-state index contributed by atoms with van der Waals surface area (Å²) in [5.41, 5.74) is 0.472. The van der Waals surface area contributed by atoms with E-state index >= 15 is 0 Å². The predicted octanol–water partition coefficient (Wildman–Crippen LogP) is 2.39. The standard InChI is InChI=1S/C13H10FNO4/c1-15(9-4-2-8(14)3-5-9)12(16)10-6-7-11(19-10)13(17)18/h2-7H,1H3,(H,17,18). The van der Waals surface area contributed by atoms with Crippen LogP contribution in [-0.2, 0) is 0 Å². The summed E-state index contributed by atoms with van der Waals surface area (Å²) in [5.74, 6) is -2.57. The summed E-state index contributed by atoms with van der Waals surface area (Å²) >= 11 is 0. The van der Waals surface area contributed by atoms with Crippen LogP contribution in [0.2, 0.25) is 0 Å². The quantitative estimate of drug-likeness (QED) is 0.923. The maximum absolute atomic E-state index is 12.8. The van der Waals surface area contributed by atoms with Crippen LogP contribution in [0, 0.1) is 5.82 Å². The first-order valence-electron chi connectivity index (χ1n) is 5.36. The van der Waals surface area contributed by atoms with E-state index in [0.29, 0.717) is 5.69 Å². The molecule has 0 saturated carbocycles. The molecule has 0 aliphatic rings. The first kappa shape index (κ1) is 12.8. The van der Waals surface area contributed by atoms with Crippen molar-refractivity contribution < 1.29 is 23.5 Å². The van der Waals surface area contributed by atoms with Gasteiger partial charge in [-0.25, -0.2) is 9.18 Å². The van der Waals surface area contributed by atoms with Crippen LogP contribution in [0.3, 0.4) is 0 Å². The van der Waals surface area contributed by atoms with Crippen molar-refractivity contribution in [2.24, 2.45) is 0 Å². The van der Waals surface area contributed by atoms with Crippen LogP contribution in [0.1, 0.15) is 21.1 Å². The van der Waals surface area contributed by atoms with E-state index in [1.165, 1.54) is 48.3 Å². The lowest BCUT2D eigenvalue weighted by molar-refractivity contribution is 0.0660. The Labute approximate surface area is 107 Å². The van der Waals surface area contributed by atoms with Crippen LogP contribution in [0.4, 0.5) is 10.1 Å². The zero-order chi connectivity index (χ0) is 14.0. The Morgan fingerprint density at radius 2 is 1.68 bits per heavy atom. The number of amides is 1. The number of hydrogen-bond acceptors (Lipinski definition) is 3.